The van der Waals surface area contributed by atoms with Crippen molar-refractivity contribution in [1.29, 1.82) is 0 Å². The minimum atomic E-state index is -4.36. The summed E-state index contributed by atoms with van der Waals surface area (Å²) < 4.78 is 37.6. The number of oxime groups is 1. The second-order valence-corrected chi connectivity index (χ2v) is 4.77. The number of halogens is 3. The van der Waals surface area contributed by atoms with Gasteiger partial charge in [-0.15, -0.1) is 0 Å². The van der Waals surface area contributed by atoms with Crippen molar-refractivity contribution in [3.05, 3.63) is 77.9 Å². The number of hydrogen-bond donors (Lipinski definition) is 1. The average molecular weight is 305 g/mol. The molecule has 0 aliphatic heterocycles. The standard InChI is InChI=1S/C17H14F3NO/c1-12(11-16(21-22)14-5-3-2-4-6-14)13-7-9-15(10-8-13)17(18,19)20/h2-10,22H,1,11H2/b21-16-. The highest BCUT2D eigenvalue weighted by Crippen LogP contribution is 2.30. The zero-order valence-corrected chi connectivity index (χ0v) is 11.6. The Morgan fingerprint density at radius 1 is 0.955 bits per heavy atom. The van der Waals surface area contributed by atoms with Crippen LogP contribution in [0.15, 0.2) is 66.3 Å². The molecule has 0 spiro atoms. The summed E-state index contributed by atoms with van der Waals surface area (Å²) in [5, 5.41) is 12.4. The molecule has 2 aromatic rings. The van der Waals surface area contributed by atoms with E-state index in [-0.39, 0.29) is 6.42 Å². The van der Waals surface area contributed by atoms with Crippen molar-refractivity contribution in [3.63, 3.8) is 0 Å². The van der Waals surface area contributed by atoms with Crippen LogP contribution in [0.5, 0.6) is 0 Å². The lowest BCUT2D eigenvalue weighted by Gasteiger charge is -2.10. The van der Waals surface area contributed by atoms with E-state index in [0.29, 0.717) is 16.8 Å². The van der Waals surface area contributed by atoms with Crippen LogP contribution in [-0.2, 0) is 6.18 Å². The Kier molecular flexibility index (Phi) is 4.65. The first-order chi connectivity index (χ1) is 10.4. The fourth-order valence-corrected chi connectivity index (χ4v) is 2.02. The fraction of sp³-hybridized carbons (Fsp3) is 0.118. The zero-order valence-electron chi connectivity index (χ0n) is 11.6. The topological polar surface area (TPSA) is 32.6 Å². The highest BCUT2D eigenvalue weighted by atomic mass is 19.4. The van der Waals surface area contributed by atoms with Gasteiger partial charge in [0.25, 0.3) is 0 Å². The second kappa shape index (κ2) is 6.47. The summed E-state index contributed by atoms with van der Waals surface area (Å²) in [5.74, 6) is 0. The van der Waals surface area contributed by atoms with E-state index >= 15 is 0 Å². The zero-order chi connectivity index (χ0) is 16.2. The van der Waals surface area contributed by atoms with E-state index in [0.717, 1.165) is 17.7 Å². The third-order valence-corrected chi connectivity index (χ3v) is 3.23. The maximum absolute atomic E-state index is 12.5. The van der Waals surface area contributed by atoms with Crippen LogP contribution < -0.4 is 0 Å². The van der Waals surface area contributed by atoms with Crippen LogP contribution in [0, 0.1) is 0 Å². The van der Waals surface area contributed by atoms with E-state index in [4.69, 9.17) is 5.21 Å². The van der Waals surface area contributed by atoms with Crippen molar-refractivity contribution in [2.45, 2.75) is 12.6 Å². The minimum absolute atomic E-state index is 0.242. The molecule has 0 aliphatic carbocycles. The lowest BCUT2D eigenvalue weighted by Crippen LogP contribution is -2.05. The molecule has 0 radical (unpaired) electrons. The number of allylic oxidation sites excluding steroid dienone is 1. The molecule has 5 heteroatoms. The summed E-state index contributed by atoms with van der Waals surface area (Å²) >= 11 is 0. The van der Waals surface area contributed by atoms with E-state index in [1.54, 1.807) is 24.3 Å². The molecular weight excluding hydrogens is 291 g/mol. The maximum atomic E-state index is 12.5. The molecule has 0 atom stereocenters. The Morgan fingerprint density at radius 3 is 2.05 bits per heavy atom. The van der Waals surface area contributed by atoms with Crippen LogP contribution >= 0.6 is 0 Å². The molecule has 2 rings (SSSR count). The predicted molar refractivity (Wildman–Crippen MR) is 79.9 cm³/mol. The lowest BCUT2D eigenvalue weighted by molar-refractivity contribution is -0.137. The number of hydrogen-bond acceptors (Lipinski definition) is 2. The summed E-state index contributed by atoms with van der Waals surface area (Å²) in [7, 11) is 0. The summed E-state index contributed by atoms with van der Waals surface area (Å²) in [6.45, 7) is 3.86. The first kappa shape index (κ1) is 15.8. The van der Waals surface area contributed by atoms with Gasteiger partial charge in [-0.05, 0) is 28.8 Å². The van der Waals surface area contributed by atoms with E-state index in [1.165, 1.54) is 12.1 Å². The maximum Gasteiger partial charge on any atom is 0.416 e. The summed E-state index contributed by atoms with van der Waals surface area (Å²) in [4.78, 5) is 0. The summed E-state index contributed by atoms with van der Waals surface area (Å²) in [6, 6.07) is 13.8. The van der Waals surface area contributed by atoms with Crippen molar-refractivity contribution >= 4 is 11.3 Å². The van der Waals surface area contributed by atoms with Gasteiger partial charge in [0.1, 0.15) is 0 Å². The third kappa shape index (κ3) is 3.75. The van der Waals surface area contributed by atoms with Crippen LogP contribution in [0.25, 0.3) is 5.57 Å². The molecule has 0 saturated carbocycles. The first-order valence-electron chi connectivity index (χ1n) is 6.53. The molecule has 1 N–H and O–H groups in total. The molecule has 0 saturated heterocycles. The largest absolute Gasteiger partial charge is 0.416 e. The van der Waals surface area contributed by atoms with Crippen LogP contribution in [0.2, 0.25) is 0 Å². The Bertz CT molecular complexity index is 673. The molecule has 0 unspecified atom stereocenters. The number of benzene rings is 2. The van der Waals surface area contributed by atoms with E-state index in [1.807, 2.05) is 6.07 Å². The van der Waals surface area contributed by atoms with E-state index in [2.05, 4.69) is 11.7 Å². The minimum Gasteiger partial charge on any atom is -0.411 e. The van der Waals surface area contributed by atoms with Crippen LogP contribution in [0.4, 0.5) is 13.2 Å². The van der Waals surface area contributed by atoms with Gasteiger partial charge in [0, 0.05) is 6.42 Å². The predicted octanol–water partition coefficient (Wildman–Crippen LogP) is 4.99. The van der Waals surface area contributed by atoms with Gasteiger partial charge < -0.3 is 5.21 Å². The number of rotatable bonds is 4. The molecule has 0 fully saturated rings. The molecular formula is C17H14F3NO. The Balaban J connectivity index is 2.15. The van der Waals surface area contributed by atoms with E-state index in [9.17, 15) is 13.2 Å². The Hall–Kier alpha value is -2.56. The average Bonchev–Trinajstić information content (AvgIpc) is 2.52. The van der Waals surface area contributed by atoms with Gasteiger partial charge >= 0.3 is 6.18 Å². The summed E-state index contributed by atoms with van der Waals surface area (Å²) in [6.07, 6.45) is -4.12. The number of nitrogens with zero attached hydrogens (tertiary/aromatic N) is 1. The quantitative estimate of drug-likeness (QED) is 0.482. The van der Waals surface area contributed by atoms with Gasteiger partial charge in [0.2, 0.25) is 0 Å². The van der Waals surface area contributed by atoms with Crippen molar-refractivity contribution in [2.24, 2.45) is 5.16 Å². The van der Waals surface area contributed by atoms with Gasteiger partial charge in [0.05, 0.1) is 11.3 Å². The first-order valence-corrected chi connectivity index (χ1v) is 6.53. The third-order valence-electron chi connectivity index (χ3n) is 3.23. The smallest absolute Gasteiger partial charge is 0.411 e. The highest BCUT2D eigenvalue weighted by molar-refractivity contribution is 6.05. The van der Waals surface area contributed by atoms with Crippen molar-refractivity contribution in [2.75, 3.05) is 0 Å². The van der Waals surface area contributed by atoms with Crippen molar-refractivity contribution < 1.29 is 18.4 Å². The SMILES string of the molecule is C=C(C/C(=N/O)c1ccccc1)c1ccc(C(F)(F)F)cc1. The van der Waals surface area contributed by atoms with Gasteiger partial charge in [0.15, 0.2) is 0 Å². The van der Waals surface area contributed by atoms with Crippen LogP contribution in [0.1, 0.15) is 23.1 Å². The summed E-state index contributed by atoms with van der Waals surface area (Å²) in [5.41, 5.74) is 1.59. The molecule has 2 nitrogen and oxygen atoms in total. The van der Waals surface area contributed by atoms with Gasteiger partial charge in [-0.3, -0.25) is 0 Å². The van der Waals surface area contributed by atoms with Crippen molar-refractivity contribution in [3.8, 4) is 0 Å². The van der Waals surface area contributed by atoms with Gasteiger partial charge in [-0.25, -0.2) is 0 Å². The van der Waals surface area contributed by atoms with Gasteiger partial charge in [-0.1, -0.05) is 54.2 Å². The molecule has 22 heavy (non-hydrogen) atoms. The Labute approximate surface area is 126 Å². The number of alkyl halides is 3. The molecule has 0 heterocycles. The lowest BCUT2D eigenvalue weighted by atomic mass is 9.97. The van der Waals surface area contributed by atoms with Gasteiger partial charge in [-0.2, -0.15) is 13.2 Å². The molecule has 0 amide bonds. The normalized spacial score (nSPS) is 12.2. The monoisotopic (exact) mass is 305 g/mol. The van der Waals surface area contributed by atoms with Crippen LogP contribution in [0.3, 0.4) is 0 Å². The Morgan fingerprint density at radius 2 is 1.55 bits per heavy atom. The van der Waals surface area contributed by atoms with Crippen molar-refractivity contribution in [1.82, 2.24) is 0 Å². The second-order valence-electron chi connectivity index (χ2n) is 4.77. The molecule has 114 valence electrons. The van der Waals surface area contributed by atoms with Crippen LogP contribution in [-0.4, -0.2) is 10.9 Å². The molecule has 2 aromatic carbocycles. The highest BCUT2D eigenvalue weighted by Gasteiger charge is 2.30. The molecule has 0 bridgehead atoms. The van der Waals surface area contributed by atoms with E-state index < -0.39 is 11.7 Å². The molecule has 0 aliphatic rings. The fourth-order valence-electron chi connectivity index (χ4n) is 2.02. The molecule has 0 aromatic heterocycles.